The van der Waals surface area contributed by atoms with Crippen molar-refractivity contribution in [3.8, 4) is 0 Å². The lowest BCUT2D eigenvalue weighted by molar-refractivity contribution is -0.198. The molecule has 30 heavy (non-hydrogen) atoms. The van der Waals surface area contributed by atoms with Crippen molar-refractivity contribution in [1.82, 2.24) is 15.4 Å². The molecule has 2 atom stereocenters. The number of hydroxylamine groups is 1. The standard InChI is InChI=1S/C23H34N4O3/c28-22(26-30-23-9-3-4-15-29-23)13-11-18-10-12-21(24-16-18)25-19-6-5-14-27(17-19)20-7-1-2-8-20/h10-13,16,19-20,23H,1-9,14-15,17H2,(H,24,25)(H,26,28)/b13-11+/t19-,23?/m1/s1. The van der Waals surface area contributed by atoms with Gasteiger partial charge >= 0.3 is 0 Å². The van der Waals surface area contributed by atoms with Crippen LogP contribution in [0.25, 0.3) is 6.08 Å². The monoisotopic (exact) mass is 414 g/mol. The number of ether oxygens (including phenoxy) is 1. The summed E-state index contributed by atoms with van der Waals surface area (Å²) in [6.07, 6.45) is 15.5. The highest BCUT2D eigenvalue weighted by Gasteiger charge is 2.27. The molecule has 4 rings (SSSR count). The Kier molecular flexibility index (Phi) is 7.72. The fourth-order valence-corrected chi connectivity index (χ4v) is 4.66. The smallest absolute Gasteiger partial charge is 0.267 e. The Bertz CT molecular complexity index is 697. The van der Waals surface area contributed by atoms with Gasteiger partial charge in [0.05, 0.1) is 0 Å². The third-order valence-corrected chi connectivity index (χ3v) is 6.29. The van der Waals surface area contributed by atoms with Crippen LogP contribution in [-0.2, 0) is 14.4 Å². The van der Waals surface area contributed by atoms with Gasteiger partial charge in [-0.15, -0.1) is 0 Å². The van der Waals surface area contributed by atoms with E-state index in [2.05, 4.69) is 20.7 Å². The number of rotatable bonds is 7. The van der Waals surface area contributed by atoms with Crippen LogP contribution in [0.1, 0.15) is 63.4 Å². The normalized spacial score (nSPS) is 26.1. The number of carbonyl (C=O) groups excluding carboxylic acids is 1. The molecule has 1 saturated carbocycles. The first-order valence-electron chi connectivity index (χ1n) is 11.5. The van der Waals surface area contributed by atoms with Crippen molar-refractivity contribution in [1.29, 1.82) is 0 Å². The Morgan fingerprint density at radius 3 is 2.77 bits per heavy atom. The average molecular weight is 415 g/mol. The fourth-order valence-electron chi connectivity index (χ4n) is 4.66. The summed E-state index contributed by atoms with van der Waals surface area (Å²) in [6, 6.07) is 5.20. The van der Waals surface area contributed by atoms with Gasteiger partial charge in [-0.3, -0.25) is 9.69 Å². The number of piperidine rings is 1. The van der Waals surface area contributed by atoms with E-state index in [1.165, 1.54) is 51.1 Å². The molecule has 2 N–H and O–H groups in total. The van der Waals surface area contributed by atoms with Crippen LogP contribution in [-0.4, -0.2) is 53.9 Å². The lowest BCUT2D eigenvalue weighted by Crippen LogP contribution is -2.46. The topological polar surface area (TPSA) is 75.7 Å². The van der Waals surface area contributed by atoms with Crippen LogP contribution in [0.5, 0.6) is 0 Å². The number of aromatic nitrogens is 1. The highest BCUT2D eigenvalue weighted by atomic mass is 16.8. The van der Waals surface area contributed by atoms with Crippen molar-refractivity contribution >= 4 is 17.8 Å². The van der Waals surface area contributed by atoms with Gasteiger partial charge in [0.1, 0.15) is 5.82 Å². The number of pyridine rings is 1. The molecule has 1 aromatic rings. The van der Waals surface area contributed by atoms with Gasteiger partial charge in [0, 0.05) is 43.9 Å². The van der Waals surface area contributed by atoms with Crippen LogP contribution < -0.4 is 10.8 Å². The number of nitrogens with one attached hydrogen (secondary N) is 2. The Morgan fingerprint density at radius 1 is 1.13 bits per heavy atom. The van der Waals surface area contributed by atoms with E-state index in [9.17, 15) is 4.79 Å². The molecular formula is C23H34N4O3. The third-order valence-electron chi connectivity index (χ3n) is 6.29. The second-order valence-electron chi connectivity index (χ2n) is 8.61. The number of anilines is 1. The lowest BCUT2D eigenvalue weighted by atomic mass is 10.0. The lowest BCUT2D eigenvalue weighted by Gasteiger charge is -2.37. The Morgan fingerprint density at radius 2 is 2.00 bits per heavy atom. The fraction of sp³-hybridized carbons (Fsp3) is 0.652. The quantitative estimate of drug-likeness (QED) is 0.525. The first-order valence-corrected chi connectivity index (χ1v) is 11.5. The summed E-state index contributed by atoms with van der Waals surface area (Å²) in [7, 11) is 0. The molecule has 3 fully saturated rings. The van der Waals surface area contributed by atoms with Crippen molar-refractivity contribution in [2.45, 2.75) is 76.2 Å². The van der Waals surface area contributed by atoms with Gasteiger partial charge in [0.25, 0.3) is 5.91 Å². The van der Waals surface area contributed by atoms with Crippen LogP contribution in [0, 0.1) is 0 Å². The van der Waals surface area contributed by atoms with E-state index in [-0.39, 0.29) is 12.2 Å². The zero-order valence-corrected chi connectivity index (χ0v) is 17.7. The molecule has 2 aliphatic heterocycles. The SMILES string of the molecule is O=C(/C=C/c1ccc(N[C@@H]2CCCN(C3CCCC3)C2)nc1)NOC1CCCCO1. The van der Waals surface area contributed by atoms with Crippen LogP contribution in [0.4, 0.5) is 5.82 Å². The third kappa shape index (κ3) is 6.27. The van der Waals surface area contributed by atoms with Gasteiger partial charge in [0.15, 0.2) is 6.29 Å². The molecule has 3 aliphatic rings. The second-order valence-corrected chi connectivity index (χ2v) is 8.61. The van der Waals surface area contributed by atoms with Gasteiger partial charge in [0.2, 0.25) is 0 Å². The molecule has 0 radical (unpaired) electrons. The van der Waals surface area contributed by atoms with E-state index >= 15 is 0 Å². The number of nitrogens with zero attached hydrogens (tertiary/aromatic N) is 2. The van der Waals surface area contributed by atoms with E-state index in [1.54, 1.807) is 12.3 Å². The van der Waals surface area contributed by atoms with Gasteiger partial charge in [-0.2, -0.15) is 0 Å². The highest BCUT2D eigenvalue weighted by molar-refractivity contribution is 5.90. The number of hydrogen-bond donors (Lipinski definition) is 2. The molecule has 1 aromatic heterocycles. The predicted octanol–water partition coefficient (Wildman–Crippen LogP) is 3.49. The molecule has 0 aromatic carbocycles. The van der Waals surface area contributed by atoms with Crippen LogP contribution >= 0.6 is 0 Å². The molecule has 2 saturated heterocycles. The summed E-state index contributed by atoms with van der Waals surface area (Å²) >= 11 is 0. The van der Waals surface area contributed by atoms with E-state index in [4.69, 9.17) is 9.57 Å². The van der Waals surface area contributed by atoms with E-state index in [1.807, 2.05) is 12.1 Å². The predicted molar refractivity (Wildman–Crippen MR) is 117 cm³/mol. The number of hydrogen-bond acceptors (Lipinski definition) is 6. The molecule has 1 unspecified atom stereocenters. The minimum absolute atomic E-state index is 0.305. The zero-order chi connectivity index (χ0) is 20.6. The Balaban J connectivity index is 1.21. The first-order chi connectivity index (χ1) is 14.8. The number of carbonyl (C=O) groups is 1. The van der Waals surface area contributed by atoms with Gasteiger partial charge in [-0.05, 0) is 68.8 Å². The van der Waals surface area contributed by atoms with Crippen molar-refractivity contribution in [3.63, 3.8) is 0 Å². The molecular weight excluding hydrogens is 380 g/mol. The minimum atomic E-state index is -0.340. The van der Waals surface area contributed by atoms with Crippen molar-refractivity contribution in [3.05, 3.63) is 30.0 Å². The van der Waals surface area contributed by atoms with Crippen LogP contribution in [0.15, 0.2) is 24.4 Å². The van der Waals surface area contributed by atoms with E-state index < -0.39 is 0 Å². The average Bonchev–Trinajstić information content (AvgIpc) is 3.33. The maximum Gasteiger partial charge on any atom is 0.267 e. The molecule has 0 bridgehead atoms. The second kappa shape index (κ2) is 10.9. The molecule has 7 heteroatoms. The Labute approximate surface area is 179 Å². The molecule has 1 amide bonds. The van der Waals surface area contributed by atoms with Crippen molar-refractivity contribution in [2.75, 3.05) is 25.0 Å². The molecule has 3 heterocycles. The molecule has 0 spiro atoms. The number of likely N-dealkylation sites (tertiary alicyclic amines) is 1. The summed E-state index contributed by atoms with van der Waals surface area (Å²) in [5.74, 6) is 0.591. The first kappa shape index (κ1) is 21.3. The summed E-state index contributed by atoms with van der Waals surface area (Å²) < 4.78 is 5.42. The van der Waals surface area contributed by atoms with E-state index in [0.29, 0.717) is 12.6 Å². The zero-order valence-electron chi connectivity index (χ0n) is 17.7. The van der Waals surface area contributed by atoms with Crippen LogP contribution in [0.2, 0.25) is 0 Å². The summed E-state index contributed by atoms with van der Waals surface area (Å²) in [6.45, 7) is 3.03. The summed E-state index contributed by atoms with van der Waals surface area (Å²) in [4.78, 5) is 24.4. The molecule has 164 valence electrons. The molecule has 7 nitrogen and oxygen atoms in total. The largest absolute Gasteiger partial charge is 0.366 e. The van der Waals surface area contributed by atoms with Gasteiger partial charge in [-0.25, -0.2) is 15.3 Å². The van der Waals surface area contributed by atoms with Crippen LogP contribution in [0.3, 0.4) is 0 Å². The maximum atomic E-state index is 11.9. The van der Waals surface area contributed by atoms with Gasteiger partial charge in [-0.1, -0.05) is 12.8 Å². The van der Waals surface area contributed by atoms with Gasteiger partial charge < -0.3 is 10.1 Å². The molecule has 1 aliphatic carbocycles. The number of amides is 1. The maximum absolute atomic E-state index is 11.9. The summed E-state index contributed by atoms with van der Waals surface area (Å²) in [5.41, 5.74) is 3.30. The highest BCUT2D eigenvalue weighted by Crippen LogP contribution is 2.27. The Hall–Kier alpha value is -1.96. The van der Waals surface area contributed by atoms with E-state index in [0.717, 1.165) is 43.2 Å². The summed E-state index contributed by atoms with van der Waals surface area (Å²) in [5, 5.41) is 3.59. The van der Waals surface area contributed by atoms with Crippen molar-refractivity contribution < 1.29 is 14.4 Å². The minimum Gasteiger partial charge on any atom is -0.366 e. The van der Waals surface area contributed by atoms with Crippen molar-refractivity contribution in [2.24, 2.45) is 0 Å².